The van der Waals surface area contributed by atoms with E-state index >= 15 is 0 Å². The molecule has 0 bridgehead atoms. The second kappa shape index (κ2) is 6.47. The summed E-state index contributed by atoms with van der Waals surface area (Å²) in [6.45, 7) is 0.547. The van der Waals surface area contributed by atoms with Gasteiger partial charge in [0, 0.05) is 13.0 Å². The Labute approximate surface area is 126 Å². The van der Waals surface area contributed by atoms with Crippen LogP contribution < -0.4 is 5.32 Å². The zero-order valence-corrected chi connectivity index (χ0v) is 12.5. The van der Waals surface area contributed by atoms with Crippen molar-refractivity contribution in [1.82, 2.24) is 15.3 Å². The van der Waals surface area contributed by atoms with Crippen molar-refractivity contribution in [2.24, 2.45) is 5.92 Å². The van der Waals surface area contributed by atoms with Crippen molar-refractivity contribution in [1.29, 1.82) is 0 Å². The van der Waals surface area contributed by atoms with Crippen LogP contribution in [-0.4, -0.2) is 33.9 Å². The Morgan fingerprint density at radius 1 is 1.48 bits per heavy atom. The third-order valence-electron chi connectivity index (χ3n) is 3.46. The molecule has 2 aromatic rings. The summed E-state index contributed by atoms with van der Waals surface area (Å²) in [4.78, 5) is 19.1. The molecule has 0 unspecified atom stereocenters. The van der Waals surface area contributed by atoms with Crippen LogP contribution in [0.1, 0.15) is 18.7 Å². The fourth-order valence-corrected chi connectivity index (χ4v) is 3.20. The quantitative estimate of drug-likeness (QED) is 0.826. The van der Waals surface area contributed by atoms with E-state index in [2.05, 4.69) is 15.3 Å². The molecule has 6 heteroatoms. The van der Waals surface area contributed by atoms with Crippen LogP contribution >= 0.6 is 11.8 Å². The number of halogens is 1. The normalized spacial score (nSPS) is 14.5. The van der Waals surface area contributed by atoms with Gasteiger partial charge in [-0.25, -0.2) is 9.37 Å². The number of imidazole rings is 1. The lowest BCUT2D eigenvalue weighted by atomic mass is 10.3. The van der Waals surface area contributed by atoms with Crippen LogP contribution in [0.15, 0.2) is 18.2 Å². The van der Waals surface area contributed by atoms with Gasteiger partial charge in [0.05, 0.1) is 16.8 Å². The SMILES string of the molecule is O=C(CSCC1CC1)NCCc1nc2ccc(F)cc2[nH]1. The van der Waals surface area contributed by atoms with Gasteiger partial charge >= 0.3 is 0 Å². The predicted octanol–water partition coefficient (Wildman–Crippen LogP) is 2.50. The smallest absolute Gasteiger partial charge is 0.230 e. The Bertz CT molecular complexity index is 639. The summed E-state index contributed by atoms with van der Waals surface area (Å²) in [5.74, 6) is 3.03. The van der Waals surface area contributed by atoms with Crippen LogP contribution in [0, 0.1) is 11.7 Å². The number of H-pyrrole nitrogens is 1. The van der Waals surface area contributed by atoms with Gasteiger partial charge in [-0.2, -0.15) is 11.8 Å². The highest BCUT2D eigenvalue weighted by Crippen LogP contribution is 2.32. The van der Waals surface area contributed by atoms with Crippen LogP contribution in [0.2, 0.25) is 0 Å². The average molecular weight is 307 g/mol. The van der Waals surface area contributed by atoms with E-state index < -0.39 is 0 Å². The highest BCUT2D eigenvalue weighted by Gasteiger charge is 2.21. The minimum Gasteiger partial charge on any atom is -0.355 e. The predicted molar refractivity (Wildman–Crippen MR) is 82.8 cm³/mol. The van der Waals surface area contributed by atoms with E-state index in [-0.39, 0.29) is 11.7 Å². The molecular formula is C15H18FN3OS. The molecule has 0 saturated heterocycles. The molecule has 0 atom stereocenters. The number of rotatable bonds is 7. The van der Waals surface area contributed by atoms with Gasteiger partial charge in [-0.05, 0) is 42.7 Å². The first-order valence-electron chi connectivity index (χ1n) is 7.19. The van der Waals surface area contributed by atoms with Crippen LogP contribution in [-0.2, 0) is 11.2 Å². The number of hydrogen-bond acceptors (Lipinski definition) is 3. The summed E-state index contributed by atoms with van der Waals surface area (Å²) in [6.07, 6.45) is 3.26. The number of aromatic amines is 1. The Morgan fingerprint density at radius 3 is 3.14 bits per heavy atom. The van der Waals surface area contributed by atoms with Crippen molar-refractivity contribution in [3.63, 3.8) is 0 Å². The number of thioether (sulfide) groups is 1. The topological polar surface area (TPSA) is 57.8 Å². The number of hydrogen-bond donors (Lipinski definition) is 2. The van der Waals surface area contributed by atoms with Gasteiger partial charge < -0.3 is 10.3 Å². The molecule has 1 fully saturated rings. The molecule has 3 rings (SSSR count). The van der Waals surface area contributed by atoms with Crippen LogP contribution in [0.5, 0.6) is 0 Å². The van der Waals surface area contributed by atoms with E-state index in [1.807, 2.05) is 0 Å². The second-order valence-corrected chi connectivity index (χ2v) is 6.43. The first kappa shape index (κ1) is 14.4. The number of carbonyl (C=O) groups excluding carboxylic acids is 1. The summed E-state index contributed by atoms with van der Waals surface area (Å²) < 4.78 is 13.1. The third-order valence-corrected chi connectivity index (χ3v) is 4.63. The largest absolute Gasteiger partial charge is 0.355 e. The summed E-state index contributed by atoms with van der Waals surface area (Å²) in [5.41, 5.74) is 1.44. The van der Waals surface area contributed by atoms with E-state index in [1.54, 1.807) is 17.8 Å². The molecule has 4 nitrogen and oxygen atoms in total. The van der Waals surface area contributed by atoms with Gasteiger partial charge in [0.1, 0.15) is 11.6 Å². The first-order valence-corrected chi connectivity index (χ1v) is 8.35. The number of nitrogens with one attached hydrogen (secondary N) is 2. The number of benzene rings is 1. The van der Waals surface area contributed by atoms with Gasteiger partial charge in [-0.3, -0.25) is 4.79 Å². The lowest BCUT2D eigenvalue weighted by Gasteiger charge is -2.03. The number of aromatic nitrogens is 2. The number of fused-ring (bicyclic) bond motifs is 1. The lowest BCUT2D eigenvalue weighted by molar-refractivity contribution is -0.118. The van der Waals surface area contributed by atoms with Crippen LogP contribution in [0.25, 0.3) is 11.0 Å². The molecule has 1 amide bonds. The molecule has 0 radical (unpaired) electrons. The van der Waals surface area contributed by atoms with Gasteiger partial charge in [-0.1, -0.05) is 0 Å². The minimum absolute atomic E-state index is 0.0720. The fraction of sp³-hybridized carbons (Fsp3) is 0.467. The lowest BCUT2D eigenvalue weighted by Crippen LogP contribution is -2.27. The standard InChI is InChI=1S/C15H18FN3OS/c16-11-3-4-12-13(7-11)19-14(18-12)5-6-17-15(20)9-21-8-10-1-2-10/h3-4,7,10H,1-2,5-6,8-9H2,(H,17,20)(H,18,19). The molecule has 1 saturated carbocycles. The maximum absolute atomic E-state index is 13.1. The minimum atomic E-state index is -0.279. The molecule has 1 aromatic carbocycles. The van der Waals surface area contributed by atoms with E-state index in [1.165, 1.54) is 25.0 Å². The second-order valence-electron chi connectivity index (χ2n) is 5.40. The Morgan fingerprint density at radius 2 is 2.33 bits per heavy atom. The van der Waals surface area contributed by atoms with Gasteiger partial charge in [0.2, 0.25) is 5.91 Å². The first-order chi connectivity index (χ1) is 10.2. The molecule has 1 aliphatic rings. The van der Waals surface area contributed by atoms with Crippen LogP contribution in [0.4, 0.5) is 4.39 Å². The highest BCUT2D eigenvalue weighted by atomic mass is 32.2. The molecule has 1 heterocycles. The van der Waals surface area contributed by atoms with Gasteiger partial charge in [-0.15, -0.1) is 0 Å². The Kier molecular flexibility index (Phi) is 4.43. The zero-order valence-electron chi connectivity index (χ0n) is 11.7. The number of amides is 1. The highest BCUT2D eigenvalue weighted by molar-refractivity contribution is 7.99. The summed E-state index contributed by atoms with van der Waals surface area (Å²) in [6, 6.07) is 4.47. The third kappa shape index (κ3) is 4.20. The van der Waals surface area contributed by atoms with Crippen molar-refractivity contribution >= 4 is 28.7 Å². The van der Waals surface area contributed by atoms with Crippen molar-refractivity contribution in [2.45, 2.75) is 19.3 Å². The van der Waals surface area contributed by atoms with E-state index in [0.717, 1.165) is 23.0 Å². The van der Waals surface area contributed by atoms with Crippen LogP contribution in [0.3, 0.4) is 0 Å². The maximum atomic E-state index is 13.1. The van der Waals surface area contributed by atoms with Gasteiger partial charge in [0.25, 0.3) is 0 Å². The summed E-state index contributed by atoms with van der Waals surface area (Å²) >= 11 is 1.71. The molecular weight excluding hydrogens is 289 g/mol. The molecule has 0 aliphatic heterocycles. The van der Waals surface area contributed by atoms with Gasteiger partial charge in [0.15, 0.2) is 0 Å². The summed E-state index contributed by atoms with van der Waals surface area (Å²) in [5, 5.41) is 2.89. The Balaban J connectivity index is 1.41. The monoisotopic (exact) mass is 307 g/mol. The number of nitrogens with zero attached hydrogens (tertiary/aromatic N) is 1. The van der Waals surface area contributed by atoms with E-state index in [9.17, 15) is 9.18 Å². The van der Waals surface area contributed by atoms with Crippen molar-refractivity contribution < 1.29 is 9.18 Å². The maximum Gasteiger partial charge on any atom is 0.230 e. The average Bonchev–Trinajstić information content (AvgIpc) is 3.18. The van der Waals surface area contributed by atoms with Crippen molar-refractivity contribution in [3.05, 3.63) is 29.8 Å². The van der Waals surface area contributed by atoms with E-state index in [4.69, 9.17) is 0 Å². The molecule has 21 heavy (non-hydrogen) atoms. The summed E-state index contributed by atoms with van der Waals surface area (Å²) in [7, 11) is 0. The molecule has 112 valence electrons. The van der Waals surface area contributed by atoms with E-state index in [0.29, 0.717) is 24.2 Å². The molecule has 1 aromatic heterocycles. The zero-order chi connectivity index (χ0) is 14.7. The Hall–Kier alpha value is -1.56. The van der Waals surface area contributed by atoms with Crippen molar-refractivity contribution in [3.8, 4) is 0 Å². The molecule has 0 spiro atoms. The molecule has 1 aliphatic carbocycles. The fourth-order valence-electron chi connectivity index (χ4n) is 2.13. The van der Waals surface area contributed by atoms with Crippen molar-refractivity contribution in [2.75, 3.05) is 18.1 Å². The number of carbonyl (C=O) groups is 1. The molecule has 2 N–H and O–H groups in total.